The summed E-state index contributed by atoms with van der Waals surface area (Å²) >= 11 is 1.66. The lowest BCUT2D eigenvalue weighted by Gasteiger charge is -2.07. The third-order valence-corrected chi connectivity index (χ3v) is 4.71. The first-order valence-corrected chi connectivity index (χ1v) is 8.50. The van der Waals surface area contributed by atoms with Gasteiger partial charge in [0, 0.05) is 23.1 Å². The number of hydrogen-bond acceptors (Lipinski definition) is 4. The molecule has 0 aliphatic heterocycles. The molecular formula is C19H20N2OS. The molecule has 0 radical (unpaired) electrons. The molecule has 1 heterocycles. The summed E-state index contributed by atoms with van der Waals surface area (Å²) in [6.45, 7) is 4.83. The third-order valence-electron chi connectivity index (χ3n) is 3.80. The van der Waals surface area contributed by atoms with E-state index >= 15 is 0 Å². The number of aryl methyl sites for hydroxylation is 2. The summed E-state index contributed by atoms with van der Waals surface area (Å²) in [5.74, 6) is 0.917. The molecule has 0 saturated heterocycles. The molecule has 1 aromatic heterocycles. The monoisotopic (exact) mass is 324 g/mol. The Morgan fingerprint density at radius 1 is 1.09 bits per heavy atom. The molecule has 0 unspecified atom stereocenters. The van der Waals surface area contributed by atoms with E-state index in [1.54, 1.807) is 11.3 Å². The standard InChI is InChI=1S/C19H20N2OS/c1-13-6-7-17(10-14(13)2)22-9-8-19-21-18(12-23-19)15-4-3-5-16(20)11-15/h3-7,10-12H,8-9,20H2,1-2H3. The van der Waals surface area contributed by atoms with E-state index in [-0.39, 0.29) is 0 Å². The number of nitrogens with zero attached hydrogens (tertiary/aromatic N) is 1. The van der Waals surface area contributed by atoms with Crippen LogP contribution in [0.2, 0.25) is 0 Å². The van der Waals surface area contributed by atoms with Gasteiger partial charge in [0.25, 0.3) is 0 Å². The number of ether oxygens (including phenoxy) is 1. The fourth-order valence-electron chi connectivity index (χ4n) is 2.32. The number of aromatic nitrogens is 1. The fraction of sp³-hybridized carbons (Fsp3) is 0.211. The van der Waals surface area contributed by atoms with Crippen molar-refractivity contribution in [2.24, 2.45) is 0 Å². The van der Waals surface area contributed by atoms with Crippen LogP contribution in [-0.2, 0) is 6.42 Å². The summed E-state index contributed by atoms with van der Waals surface area (Å²) in [6, 6.07) is 14.0. The Hall–Kier alpha value is -2.33. The lowest BCUT2D eigenvalue weighted by atomic mass is 10.1. The molecule has 118 valence electrons. The summed E-state index contributed by atoms with van der Waals surface area (Å²) in [6.07, 6.45) is 0.805. The highest BCUT2D eigenvalue weighted by Gasteiger charge is 2.05. The van der Waals surface area contributed by atoms with Gasteiger partial charge in [0.2, 0.25) is 0 Å². The van der Waals surface area contributed by atoms with E-state index in [2.05, 4.69) is 36.3 Å². The molecule has 2 N–H and O–H groups in total. The number of thiazole rings is 1. The van der Waals surface area contributed by atoms with E-state index in [1.807, 2.05) is 30.3 Å². The molecular weight excluding hydrogens is 304 g/mol. The highest BCUT2D eigenvalue weighted by atomic mass is 32.1. The van der Waals surface area contributed by atoms with Gasteiger partial charge in [0.05, 0.1) is 17.3 Å². The SMILES string of the molecule is Cc1ccc(OCCc2nc(-c3cccc(N)c3)cs2)cc1C. The van der Waals surface area contributed by atoms with E-state index in [1.165, 1.54) is 11.1 Å². The molecule has 0 spiro atoms. The van der Waals surface area contributed by atoms with Crippen molar-refractivity contribution < 1.29 is 4.74 Å². The zero-order chi connectivity index (χ0) is 16.2. The van der Waals surface area contributed by atoms with Crippen LogP contribution in [0.4, 0.5) is 5.69 Å². The molecule has 3 aromatic rings. The summed E-state index contributed by atoms with van der Waals surface area (Å²) < 4.78 is 5.83. The van der Waals surface area contributed by atoms with Crippen LogP contribution in [-0.4, -0.2) is 11.6 Å². The second-order valence-electron chi connectivity index (χ2n) is 5.60. The molecule has 2 aromatic carbocycles. The molecule has 0 aliphatic rings. The van der Waals surface area contributed by atoms with E-state index in [4.69, 9.17) is 10.5 Å². The first-order valence-electron chi connectivity index (χ1n) is 7.62. The van der Waals surface area contributed by atoms with Crippen LogP contribution in [0, 0.1) is 13.8 Å². The Morgan fingerprint density at radius 3 is 2.74 bits per heavy atom. The van der Waals surface area contributed by atoms with Crippen molar-refractivity contribution in [3.05, 3.63) is 64.0 Å². The normalized spacial score (nSPS) is 10.7. The Balaban J connectivity index is 1.60. The molecule has 0 fully saturated rings. The molecule has 3 nitrogen and oxygen atoms in total. The minimum absolute atomic E-state index is 0.631. The molecule has 0 aliphatic carbocycles. The van der Waals surface area contributed by atoms with Gasteiger partial charge in [-0.2, -0.15) is 0 Å². The zero-order valence-corrected chi connectivity index (χ0v) is 14.2. The van der Waals surface area contributed by atoms with Gasteiger partial charge in [0.15, 0.2) is 0 Å². The van der Waals surface area contributed by atoms with Crippen LogP contribution in [0.25, 0.3) is 11.3 Å². The number of nitrogen functional groups attached to an aromatic ring is 1. The lowest BCUT2D eigenvalue weighted by molar-refractivity contribution is 0.321. The molecule has 0 saturated carbocycles. The van der Waals surface area contributed by atoms with Crippen molar-refractivity contribution in [1.29, 1.82) is 0 Å². The summed E-state index contributed by atoms with van der Waals surface area (Å²) in [5.41, 5.74) is 11.2. The number of nitrogens with two attached hydrogens (primary N) is 1. The van der Waals surface area contributed by atoms with Gasteiger partial charge < -0.3 is 10.5 Å². The first-order chi connectivity index (χ1) is 11.1. The maximum atomic E-state index is 5.83. The van der Waals surface area contributed by atoms with Gasteiger partial charge in [0.1, 0.15) is 5.75 Å². The average molecular weight is 324 g/mol. The molecule has 0 amide bonds. The van der Waals surface area contributed by atoms with Crippen molar-refractivity contribution in [2.75, 3.05) is 12.3 Å². The zero-order valence-electron chi connectivity index (χ0n) is 13.4. The smallest absolute Gasteiger partial charge is 0.119 e. The van der Waals surface area contributed by atoms with Crippen molar-refractivity contribution in [1.82, 2.24) is 4.98 Å². The van der Waals surface area contributed by atoms with Gasteiger partial charge in [-0.25, -0.2) is 4.98 Å². The number of rotatable bonds is 5. The van der Waals surface area contributed by atoms with Gasteiger partial charge >= 0.3 is 0 Å². The van der Waals surface area contributed by atoms with Crippen LogP contribution in [0.1, 0.15) is 16.1 Å². The van der Waals surface area contributed by atoms with Crippen molar-refractivity contribution in [3.8, 4) is 17.0 Å². The van der Waals surface area contributed by atoms with Crippen molar-refractivity contribution in [2.45, 2.75) is 20.3 Å². The van der Waals surface area contributed by atoms with E-state index in [9.17, 15) is 0 Å². The van der Waals surface area contributed by atoms with E-state index in [0.29, 0.717) is 6.61 Å². The Morgan fingerprint density at radius 2 is 1.96 bits per heavy atom. The second kappa shape index (κ2) is 6.84. The molecule has 0 bridgehead atoms. The molecule has 23 heavy (non-hydrogen) atoms. The molecule has 0 atom stereocenters. The average Bonchev–Trinajstić information content (AvgIpc) is 3.00. The first kappa shape index (κ1) is 15.6. The number of benzene rings is 2. The van der Waals surface area contributed by atoms with Crippen molar-refractivity contribution in [3.63, 3.8) is 0 Å². The van der Waals surface area contributed by atoms with Crippen LogP contribution in [0.5, 0.6) is 5.75 Å². The minimum atomic E-state index is 0.631. The summed E-state index contributed by atoms with van der Waals surface area (Å²) in [5, 5.41) is 3.14. The highest BCUT2D eigenvalue weighted by Crippen LogP contribution is 2.24. The van der Waals surface area contributed by atoms with Crippen LogP contribution < -0.4 is 10.5 Å². The Kier molecular flexibility index (Phi) is 4.63. The second-order valence-corrected chi connectivity index (χ2v) is 6.54. The minimum Gasteiger partial charge on any atom is -0.493 e. The predicted molar refractivity (Wildman–Crippen MR) is 97.1 cm³/mol. The van der Waals surface area contributed by atoms with Gasteiger partial charge in [-0.3, -0.25) is 0 Å². The van der Waals surface area contributed by atoms with Gasteiger partial charge in [-0.1, -0.05) is 18.2 Å². The van der Waals surface area contributed by atoms with Crippen LogP contribution >= 0.6 is 11.3 Å². The summed E-state index contributed by atoms with van der Waals surface area (Å²) in [7, 11) is 0. The largest absolute Gasteiger partial charge is 0.493 e. The molecule has 4 heteroatoms. The quantitative estimate of drug-likeness (QED) is 0.696. The van der Waals surface area contributed by atoms with Crippen LogP contribution in [0.3, 0.4) is 0 Å². The summed E-state index contributed by atoms with van der Waals surface area (Å²) in [4.78, 5) is 4.67. The topological polar surface area (TPSA) is 48.1 Å². The predicted octanol–water partition coefficient (Wildman–Crippen LogP) is 4.63. The molecule has 3 rings (SSSR count). The van der Waals surface area contributed by atoms with Crippen molar-refractivity contribution >= 4 is 17.0 Å². The Bertz CT molecular complexity index is 811. The number of hydrogen-bond donors (Lipinski definition) is 1. The maximum absolute atomic E-state index is 5.83. The third kappa shape index (κ3) is 3.90. The lowest BCUT2D eigenvalue weighted by Crippen LogP contribution is -2.01. The Labute approximate surface area is 140 Å². The maximum Gasteiger partial charge on any atom is 0.119 e. The highest BCUT2D eigenvalue weighted by molar-refractivity contribution is 7.09. The van der Waals surface area contributed by atoms with Crippen LogP contribution in [0.15, 0.2) is 47.8 Å². The van der Waals surface area contributed by atoms with E-state index < -0.39 is 0 Å². The number of anilines is 1. The van der Waals surface area contributed by atoms with E-state index in [0.717, 1.165) is 34.1 Å². The van der Waals surface area contributed by atoms with Gasteiger partial charge in [-0.15, -0.1) is 11.3 Å². The fourth-order valence-corrected chi connectivity index (χ4v) is 3.10. The van der Waals surface area contributed by atoms with Gasteiger partial charge in [-0.05, 0) is 49.2 Å².